The summed E-state index contributed by atoms with van der Waals surface area (Å²) in [6.07, 6.45) is -0.593. The van der Waals surface area contributed by atoms with Gasteiger partial charge in [-0.15, -0.1) is 0 Å². The molecule has 0 spiro atoms. The van der Waals surface area contributed by atoms with Crippen LogP contribution in [0.1, 0.15) is 29.8 Å². The first-order valence-electron chi connectivity index (χ1n) is 8.26. The van der Waals surface area contributed by atoms with Crippen molar-refractivity contribution in [2.45, 2.75) is 32.6 Å². The van der Waals surface area contributed by atoms with Gasteiger partial charge in [0, 0.05) is 5.56 Å². The first-order valence-corrected chi connectivity index (χ1v) is 8.26. The van der Waals surface area contributed by atoms with Crippen molar-refractivity contribution < 1.29 is 24.2 Å². The molecule has 2 aromatic rings. The summed E-state index contributed by atoms with van der Waals surface area (Å²) < 4.78 is 11.0. The van der Waals surface area contributed by atoms with Crippen molar-refractivity contribution in [2.24, 2.45) is 0 Å². The second kappa shape index (κ2) is 9.01. The van der Waals surface area contributed by atoms with E-state index in [1.54, 1.807) is 25.1 Å². The van der Waals surface area contributed by atoms with Crippen LogP contribution in [-0.2, 0) is 16.1 Å². The Labute approximate surface area is 152 Å². The summed E-state index contributed by atoms with van der Waals surface area (Å²) in [5.41, 5.74) is 1.94. The molecule has 2 aromatic carbocycles. The normalized spacial score (nSPS) is 12.9. The molecular formula is C20H23NO5. The van der Waals surface area contributed by atoms with Crippen molar-refractivity contribution in [3.63, 3.8) is 0 Å². The molecule has 0 saturated heterocycles. The molecule has 6 nitrogen and oxygen atoms in total. The number of carboxylic acids is 1. The summed E-state index contributed by atoms with van der Waals surface area (Å²) in [5.74, 6) is -0.730. The molecule has 2 N–H and O–H groups in total. The number of carbonyl (C=O) groups excluding carboxylic acids is 1. The molecule has 26 heavy (non-hydrogen) atoms. The van der Waals surface area contributed by atoms with E-state index < -0.39 is 18.1 Å². The Morgan fingerprint density at radius 2 is 1.85 bits per heavy atom. The molecule has 0 bridgehead atoms. The molecule has 2 unspecified atom stereocenters. The molecule has 2 rings (SSSR count). The Kier molecular flexibility index (Phi) is 6.74. The number of hydrogen-bond donors (Lipinski definition) is 2. The van der Waals surface area contributed by atoms with Crippen molar-refractivity contribution in [3.8, 4) is 5.75 Å². The van der Waals surface area contributed by atoms with Crippen molar-refractivity contribution in [3.05, 3.63) is 59.7 Å². The molecule has 138 valence electrons. The zero-order chi connectivity index (χ0) is 19.1. The Bertz CT molecular complexity index is 760. The smallest absolute Gasteiger partial charge is 0.328 e. The summed E-state index contributed by atoms with van der Waals surface area (Å²) in [5, 5.41) is 12.5. The Morgan fingerprint density at radius 3 is 2.42 bits per heavy atom. The topological polar surface area (TPSA) is 84.9 Å². The monoisotopic (exact) mass is 357 g/mol. The van der Waals surface area contributed by atoms with Gasteiger partial charge in [0.2, 0.25) is 0 Å². The standard InChI is InChI=1S/C20H23NO5/c1-13(22)16-9-10-17(18(11-16)25-3)21-19(20(23)24)14(2)26-12-15-7-5-4-6-8-15/h4-11,14,19,21H,12H2,1-3H3,(H,23,24). The fraction of sp³-hybridized carbons (Fsp3) is 0.300. The van der Waals surface area contributed by atoms with Crippen LogP contribution >= 0.6 is 0 Å². The average Bonchev–Trinajstić information content (AvgIpc) is 2.64. The zero-order valence-electron chi connectivity index (χ0n) is 15.1. The molecule has 0 fully saturated rings. The van der Waals surface area contributed by atoms with Gasteiger partial charge in [-0.05, 0) is 37.6 Å². The van der Waals surface area contributed by atoms with E-state index in [-0.39, 0.29) is 5.78 Å². The van der Waals surface area contributed by atoms with Gasteiger partial charge in [-0.3, -0.25) is 4.79 Å². The third kappa shape index (κ3) is 5.07. The maximum atomic E-state index is 11.7. The predicted molar refractivity (Wildman–Crippen MR) is 98.7 cm³/mol. The number of carboxylic acid groups (broad SMARTS) is 1. The molecule has 0 aliphatic heterocycles. The lowest BCUT2D eigenvalue weighted by molar-refractivity contribution is -0.141. The van der Waals surface area contributed by atoms with Crippen molar-refractivity contribution in [1.82, 2.24) is 0 Å². The number of hydrogen-bond acceptors (Lipinski definition) is 5. The number of methoxy groups -OCH3 is 1. The van der Waals surface area contributed by atoms with E-state index in [0.717, 1.165) is 5.56 Å². The van der Waals surface area contributed by atoms with E-state index in [0.29, 0.717) is 23.6 Å². The summed E-state index contributed by atoms with van der Waals surface area (Å²) in [6, 6.07) is 13.4. The zero-order valence-corrected chi connectivity index (χ0v) is 15.1. The van der Waals surface area contributed by atoms with Gasteiger partial charge in [0.15, 0.2) is 11.8 Å². The van der Waals surface area contributed by atoms with Crippen LogP contribution < -0.4 is 10.1 Å². The third-order valence-electron chi connectivity index (χ3n) is 4.01. The fourth-order valence-electron chi connectivity index (χ4n) is 2.47. The maximum absolute atomic E-state index is 11.7. The predicted octanol–water partition coefficient (Wildman–Crippen LogP) is 3.37. The lowest BCUT2D eigenvalue weighted by atomic mass is 10.1. The van der Waals surface area contributed by atoms with E-state index >= 15 is 0 Å². The number of benzene rings is 2. The van der Waals surface area contributed by atoms with Gasteiger partial charge in [-0.1, -0.05) is 30.3 Å². The lowest BCUT2D eigenvalue weighted by Crippen LogP contribution is -2.40. The Balaban J connectivity index is 2.12. The molecule has 0 aliphatic carbocycles. The summed E-state index contributed by atoms with van der Waals surface area (Å²) >= 11 is 0. The van der Waals surface area contributed by atoms with Crippen LogP contribution in [0.15, 0.2) is 48.5 Å². The number of carbonyl (C=O) groups is 2. The van der Waals surface area contributed by atoms with Gasteiger partial charge in [-0.25, -0.2) is 4.79 Å². The van der Waals surface area contributed by atoms with E-state index in [1.165, 1.54) is 14.0 Å². The minimum atomic E-state index is -1.04. The number of ketones is 1. The van der Waals surface area contributed by atoms with Crippen LogP contribution in [0, 0.1) is 0 Å². The molecule has 0 radical (unpaired) electrons. The molecular weight excluding hydrogens is 334 g/mol. The van der Waals surface area contributed by atoms with Crippen LogP contribution in [0.25, 0.3) is 0 Å². The number of Topliss-reactive ketones (excluding diaryl/α,β-unsaturated/α-hetero) is 1. The van der Waals surface area contributed by atoms with Gasteiger partial charge < -0.3 is 19.9 Å². The molecule has 0 saturated carbocycles. The minimum absolute atomic E-state index is 0.0933. The number of nitrogens with one attached hydrogen (secondary N) is 1. The maximum Gasteiger partial charge on any atom is 0.328 e. The van der Waals surface area contributed by atoms with Crippen LogP contribution in [0.5, 0.6) is 5.75 Å². The molecule has 0 aliphatic rings. The molecule has 0 amide bonds. The summed E-state index contributed by atoms with van der Waals surface area (Å²) in [6.45, 7) is 3.47. The van der Waals surface area contributed by atoms with Crippen LogP contribution in [-0.4, -0.2) is 36.1 Å². The van der Waals surface area contributed by atoms with Gasteiger partial charge in [-0.2, -0.15) is 0 Å². The van der Waals surface area contributed by atoms with E-state index in [9.17, 15) is 14.7 Å². The first-order chi connectivity index (χ1) is 12.4. The third-order valence-corrected chi connectivity index (χ3v) is 4.01. The van der Waals surface area contributed by atoms with E-state index in [4.69, 9.17) is 9.47 Å². The van der Waals surface area contributed by atoms with E-state index in [1.807, 2.05) is 30.3 Å². The largest absolute Gasteiger partial charge is 0.495 e. The van der Waals surface area contributed by atoms with Crippen LogP contribution in [0.3, 0.4) is 0 Å². The van der Waals surface area contributed by atoms with Gasteiger partial charge in [0.1, 0.15) is 5.75 Å². The second-order valence-electron chi connectivity index (χ2n) is 5.93. The number of ether oxygens (including phenoxy) is 2. The molecule has 0 heterocycles. The highest BCUT2D eigenvalue weighted by atomic mass is 16.5. The molecule has 6 heteroatoms. The highest BCUT2D eigenvalue weighted by molar-refractivity contribution is 5.95. The number of anilines is 1. The van der Waals surface area contributed by atoms with Crippen LogP contribution in [0.2, 0.25) is 0 Å². The van der Waals surface area contributed by atoms with E-state index in [2.05, 4.69) is 5.32 Å². The first kappa shape index (κ1) is 19.5. The van der Waals surface area contributed by atoms with Crippen molar-refractivity contribution in [2.75, 3.05) is 12.4 Å². The highest BCUT2D eigenvalue weighted by Crippen LogP contribution is 2.27. The summed E-state index contributed by atoms with van der Waals surface area (Å²) in [4.78, 5) is 23.2. The Hall–Kier alpha value is -2.86. The second-order valence-corrected chi connectivity index (χ2v) is 5.93. The summed E-state index contributed by atoms with van der Waals surface area (Å²) in [7, 11) is 1.47. The molecule has 2 atom stereocenters. The highest BCUT2D eigenvalue weighted by Gasteiger charge is 2.26. The van der Waals surface area contributed by atoms with Gasteiger partial charge in [0.05, 0.1) is 25.5 Å². The van der Waals surface area contributed by atoms with Gasteiger partial charge >= 0.3 is 5.97 Å². The van der Waals surface area contributed by atoms with Crippen LogP contribution in [0.4, 0.5) is 5.69 Å². The quantitative estimate of drug-likeness (QED) is 0.670. The molecule has 0 aromatic heterocycles. The SMILES string of the molecule is COc1cc(C(C)=O)ccc1NC(C(=O)O)C(C)OCc1ccccc1. The van der Waals surface area contributed by atoms with Crippen molar-refractivity contribution >= 4 is 17.4 Å². The Morgan fingerprint density at radius 1 is 1.15 bits per heavy atom. The van der Waals surface area contributed by atoms with Crippen molar-refractivity contribution in [1.29, 1.82) is 0 Å². The van der Waals surface area contributed by atoms with Gasteiger partial charge in [0.25, 0.3) is 0 Å². The fourth-order valence-corrected chi connectivity index (χ4v) is 2.47. The number of aliphatic carboxylic acids is 1. The average molecular weight is 357 g/mol. The minimum Gasteiger partial charge on any atom is -0.495 e. The number of rotatable bonds is 9. The lowest BCUT2D eigenvalue weighted by Gasteiger charge is -2.24.